The summed E-state index contributed by atoms with van der Waals surface area (Å²) in [5, 5.41) is 0. The molecular weight excluding hydrogens is 492 g/mol. The number of benzene rings is 4. The smallest absolute Gasteiger partial charge is 0.130 e. The summed E-state index contributed by atoms with van der Waals surface area (Å²) in [7, 11) is 4.28. The Kier molecular flexibility index (Phi) is 6.55. The van der Waals surface area contributed by atoms with Gasteiger partial charge in [0.25, 0.3) is 0 Å². The van der Waals surface area contributed by atoms with Crippen molar-refractivity contribution in [3.63, 3.8) is 0 Å². The Morgan fingerprint density at radius 2 is 1.43 bits per heavy atom. The quantitative estimate of drug-likeness (QED) is 0.259. The minimum atomic E-state index is -0.0379. The van der Waals surface area contributed by atoms with Gasteiger partial charge >= 0.3 is 0 Å². The van der Waals surface area contributed by atoms with Crippen LogP contribution in [0.25, 0.3) is 11.1 Å². The van der Waals surface area contributed by atoms with Crippen molar-refractivity contribution in [2.75, 3.05) is 37.2 Å². The third-order valence-electron chi connectivity index (χ3n) is 8.40. The summed E-state index contributed by atoms with van der Waals surface area (Å²) >= 11 is 0. The van der Waals surface area contributed by atoms with E-state index in [9.17, 15) is 0 Å². The van der Waals surface area contributed by atoms with Gasteiger partial charge in [0.15, 0.2) is 0 Å². The van der Waals surface area contributed by atoms with Crippen LogP contribution in [0.5, 0.6) is 11.5 Å². The minimum absolute atomic E-state index is 0.0379. The fourth-order valence-corrected chi connectivity index (χ4v) is 5.89. The van der Waals surface area contributed by atoms with Crippen LogP contribution in [0.4, 0.5) is 17.1 Å². The molecule has 0 saturated heterocycles. The van der Waals surface area contributed by atoms with Crippen molar-refractivity contribution in [2.24, 2.45) is 0 Å². The van der Waals surface area contributed by atoms with Crippen molar-refractivity contribution in [3.05, 3.63) is 114 Å². The number of rotatable bonds is 5. The first-order valence-electron chi connectivity index (χ1n) is 13.9. The van der Waals surface area contributed by atoms with E-state index >= 15 is 0 Å². The molecule has 0 saturated carbocycles. The zero-order valence-electron chi connectivity index (χ0n) is 24.3. The lowest BCUT2D eigenvalue weighted by molar-refractivity contribution is 0.150. The Hall–Kier alpha value is -4.22. The second kappa shape index (κ2) is 10.1. The van der Waals surface area contributed by atoms with Crippen molar-refractivity contribution in [1.82, 2.24) is 9.80 Å². The van der Waals surface area contributed by atoms with Gasteiger partial charge in [0.2, 0.25) is 0 Å². The molecule has 2 aliphatic rings. The SMILES string of the molecule is Cc1cccc(C)c1-c1cc(Oc2cccc(N3CN(C)C(C)(C)c4ccccc43)c2)cc(N2C=CN(C)C2)c1. The number of hydrogen-bond acceptors (Lipinski definition) is 5. The maximum Gasteiger partial charge on any atom is 0.130 e. The highest BCUT2D eigenvalue weighted by Crippen LogP contribution is 2.43. The lowest BCUT2D eigenvalue weighted by Gasteiger charge is -2.47. The van der Waals surface area contributed by atoms with E-state index in [1.807, 2.05) is 6.07 Å². The molecule has 4 aromatic rings. The second-order valence-electron chi connectivity index (χ2n) is 11.6. The molecule has 0 spiro atoms. The van der Waals surface area contributed by atoms with E-state index in [0.29, 0.717) is 0 Å². The van der Waals surface area contributed by atoms with Gasteiger partial charge in [0.1, 0.15) is 11.5 Å². The molecule has 204 valence electrons. The standard InChI is InChI=1S/C35H38N4O/c1-25-11-9-12-26(2)34(25)27-19-29(38-18-17-36(5)23-38)22-31(20-27)40-30-14-10-13-28(21-30)39-24-37(6)35(3,4)32-15-7-8-16-33(32)39/h7-22H,23-24H2,1-6H3. The van der Waals surface area contributed by atoms with Crippen molar-refractivity contribution >= 4 is 17.1 Å². The molecular formula is C35H38N4O. The molecule has 0 N–H and O–H groups in total. The minimum Gasteiger partial charge on any atom is -0.457 e. The zero-order chi connectivity index (χ0) is 28.0. The molecule has 4 aromatic carbocycles. The predicted molar refractivity (Wildman–Crippen MR) is 166 cm³/mol. The maximum atomic E-state index is 6.63. The van der Waals surface area contributed by atoms with E-state index in [-0.39, 0.29) is 5.54 Å². The molecule has 0 aromatic heterocycles. The van der Waals surface area contributed by atoms with Crippen molar-refractivity contribution in [2.45, 2.75) is 33.2 Å². The fraction of sp³-hybridized carbons (Fsp3) is 0.257. The number of hydrogen-bond donors (Lipinski definition) is 0. The Labute approximate surface area is 238 Å². The molecule has 0 aliphatic carbocycles. The van der Waals surface area contributed by atoms with Gasteiger partial charge in [-0.2, -0.15) is 0 Å². The summed E-state index contributed by atoms with van der Waals surface area (Å²) in [5.74, 6) is 1.65. The lowest BCUT2D eigenvalue weighted by Crippen LogP contribution is -2.49. The van der Waals surface area contributed by atoms with Crippen LogP contribution in [0.2, 0.25) is 0 Å². The summed E-state index contributed by atoms with van der Waals surface area (Å²) in [5.41, 5.74) is 9.69. The molecule has 0 unspecified atom stereocenters. The normalized spacial score (nSPS) is 16.4. The second-order valence-corrected chi connectivity index (χ2v) is 11.6. The van der Waals surface area contributed by atoms with Crippen LogP contribution in [0.1, 0.15) is 30.5 Å². The van der Waals surface area contributed by atoms with Gasteiger partial charge in [0, 0.05) is 54.2 Å². The van der Waals surface area contributed by atoms with Crippen LogP contribution in [0.3, 0.4) is 0 Å². The van der Waals surface area contributed by atoms with Crippen LogP contribution in [0, 0.1) is 13.8 Å². The highest BCUT2D eigenvalue weighted by atomic mass is 16.5. The van der Waals surface area contributed by atoms with E-state index in [0.717, 1.165) is 41.8 Å². The Morgan fingerprint density at radius 3 is 2.17 bits per heavy atom. The van der Waals surface area contributed by atoms with Gasteiger partial charge in [-0.15, -0.1) is 0 Å². The predicted octanol–water partition coefficient (Wildman–Crippen LogP) is 8.22. The highest BCUT2D eigenvalue weighted by Gasteiger charge is 2.35. The van der Waals surface area contributed by atoms with Crippen molar-refractivity contribution in [1.29, 1.82) is 0 Å². The number of nitrogens with zero attached hydrogens (tertiary/aromatic N) is 4. The summed E-state index contributed by atoms with van der Waals surface area (Å²) in [4.78, 5) is 9.19. The van der Waals surface area contributed by atoms with Crippen LogP contribution in [-0.4, -0.2) is 37.2 Å². The largest absolute Gasteiger partial charge is 0.457 e. The molecule has 0 amide bonds. The van der Waals surface area contributed by atoms with Crippen LogP contribution < -0.4 is 14.5 Å². The molecule has 2 aliphatic heterocycles. The highest BCUT2D eigenvalue weighted by molar-refractivity contribution is 5.77. The van der Waals surface area contributed by atoms with Gasteiger partial charge in [-0.3, -0.25) is 4.90 Å². The number of aryl methyl sites for hydroxylation is 2. The summed E-state index contributed by atoms with van der Waals surface area (Å²) in [6.45, 7) is 10.5. The molecule has 0 radical (unpaired) electrons. The summed E-state index contributed by atoms with van der Waals surface area (Å²) < 4.78 is 6.63. The van der Waals surface area contributed by atoms with Gasteiger partial charge < -0.3 is 19.4 Å². The number of para-hydroxylation sites is 1. The molecule has 2 heterocycles. The van der Waals surface area contributed by atoms with Gasteiger partial charge in [0.05, 0.1) is 13.3 Å². The topological polar surface area (TPSA) is 22.2 Å². The average molecular weight is 531 g/mol. The molecule has 5 heteroatoms. The monoisotopic (exact) mass is 530 g/mol. The van der Waals surface area contributed by atoms with E-state index in [4.69, 9.17) is 4.74 Å². The first-order chi connectivity index (χ1) is 19.2. The fourth-order valence-electron chi connectivity index (χ4n) is 5.89. The van der Waals surface area contributed by atoms with E-state index in [1.165, 1.54) is 27.9 Å². The number of ether oxygens (including phenoxy) is 1. The van der Waals surface area contributed by atoms with E-state index in [2.05, 4.69) is 153 Å². The molecule has 5 nitrogen and oxygen atoms in total. The maximum absolute atomic E-state index is 6.63. The Balaban J connectivity index is 1.38. The molecule has 40 heavy (non-hydrogen) atoms. The first kappa shape index (κ1) is 26.0. The van der Waals surface area contributed by atoms with E-state index < -0.39 is 0 Å². The van der Waals surface area contributed by atoms with Gasteiger partial charge in [-0.25, -0.2) is 0 Å². The van der Waals surface area contributed by atoms with Crippen LogP contribution in [0.15, 0.2) is 97.3 Å². The number of fused-ring (bicyclic) bond motifs is 1. The summed E-state index contributed by atoms with van der Waals surface area (Å²) in [6, 6.07) is 30.2. The first-order valence-corrected chi connectivity index (χ1v) is 13.9. The molecule has 6 rings (SSSR count). The molecule has 0 atom stereocenters. The van der Waals surface area contributed by atoms with Gasteiger partial charge in [-0.1, -0.05) is 42.5 Å². The Morgan fingerprint density at radius 1 is 0.700 bits per heavy atom. The van der Waals surface area contributed by atoms with E-state index in [1.54, 1.807) is 0 Å². The molecule has 0 bridgehead atoms. The Bertz CT molecular complexity index is 1570. The van der Waals surface area contributed by atoms with Gasteiger partial charge in [-0.05, 0) is 92.9 Å². The lowest BCUT2D eigenvalue weighted by atomic mass is 9.88. The zero-order valence-corrected chi connectivity index (χ0v) is 24.3. The van der Waals surface area contributed by atoms with Crippen molar-refractivity contribution in [3.8, 4) is 22.6 Å². The third kappa shape index (κ3) is 4.71. The van der Waals surface area contributed by atoms with Crippen LogP contribution in [-0.2, 0) is 5.54 Å². The molecule has 0 fully saturated rings. The third-order valence-corrected chi connectivity index (χ3v) is 8.40. The van der Waals surface area contributed by atoms with Crippen LogP contribution >= 0.6 is 0 Å². The number of anilines is 3. The average Bonchev–Trinajstić information content (AvgIpc) is 3.37. The van der Waals surface area contributed by atoms with Crippen molar-refractivity contribution < 1.29 is 4.74 Å². The summed E-state index contributed by atoms with van der Waals surface area (Å²) in [6.07, 6.45) is 4.23.